The minimum absolute atomic E-state index is 0.129. The maximum Gasteiger partial charge on any atom is 0.316 e. The van der Waals surface area contributed by atoms with Crippen LogP contribution in [0.1, 0.15) is 16.2 Å². The summed E-state index contributed by atoms with van der Waals surface area (Å²) in [5.41, 5.74) is 0.866. The van der Waals surface area contributed by atoms with Gasteiger partial charge in [0.25, 0.3) is 5.91 Å². The summed E-state index contributed by atoms with van der Waals surface area (Å²) in [5, 5.41) is 11.5. The lowest BCUT2D eigenvalue weighted by Gasteiger charge is -2.08. The van der Waals surface area contributed by atoms with E-state index in [-0.39, 0.29) is 31.5 Å². The van der Waals surface area contributed by atoms with Crippen molar-refractivity contribution in [2.75, 3.05) is 19.7 Å². The molecule has 2 heterocycles. The third-order valence-electron chi connectivity index (χ3n) is 3.59. The largest absolute Gasteiger partial charge is 0.484 e. The van der Waals surface area contributed by atoms with Gasteiger partial charge >= 0.3 is 11.8 Å². The predicted octanol–water partition coefficient (Wildman–Crippen LogP) is 2.68. The number of hydrogen-bond acceptors (Lipinski definition) is 7. The molecule has 0 spiro atoms. The van der Waals surface area contributed by atoms with Crippen molar-refractivity contribution in [1.29, 1.82) is 0 Å². The monoisotopic (exact) mass is 420 g/mol. The first-order valence-corrected chi connectivity index (χ1v) is 9.60. The average Bonchev–Trinajstić information content (AvgIpc) is 3.37. The number of aromatic nitrogens is 2. The SMILES string of the molecule is Cc1cc(OCC(=O)NCCNC(=O)c2nc(-c3cccs3)no2)ccc1Cl. The summed E-state index contributed by atoms with van der Waals surface area (Å²) in [7, 11) is 0. The van der Waals surface area contributed by atoms with Gasteiger partial charge in [-0.05, 0) is 42.1 Å². The van der Waals surface area contributed by atoms with Crippen LogP contribution in [0.5, 0.6) is 5.75 Å². The first kappa shape index (κ1) is 19.8. The molecule has 0 radical (unpaired) electrons. The van der Waals surface area contributed by atoms with E-state index < -0.39 is 5.91 Å². The van der Waals surface area contributed by atoms with E-state index in [2.05, 4.69) is 20.8 Å². The summed E-state index contributed by atoms with van der Waals surface area (Å²) in [6.07, 6.45) is 0. The van der Waals surface area contributed by atoms with E-state index in [4.69, 9.17) is 20.9 Å². The number of halogens is 1. The molecule has 3 rings (SSSR count). The Balaban J connectivity index is 1.36. The van der Waals surface area contributed by atoms with Crippen molar-refractivity contribution in [2.24, 2.45) is 0 Å². The van der Waals surface area contributed by atoms with Crippen molar-refractivity contribution in [2.45, 2.75) is 6.92 Å². The molecule has 28 heavy (non-hydrogen) atoms. The number of benzene rings is 1. The van der Waals surface area contributed by atoms with Crippen molar-refractivity contribution >= 4 is 34.8 Å². The minimum atomic E-state index is -0.502. The van der Waals surface area contributed by atoms with Crippen LogP contribution in [-0.4, -0.2) is 41.7 Å². The molecule has 0 aliphatic carbocycles. The van der Waals surface area contributed by atoms with E-state index in [1.807, 2.05) is 24.4 Å². The van der Waals surface area contributed by atoms with Crippen LogP contribution < -0.4 is 15.4 Å². The lowest BCUT2D eigenvalue weighted by Crippen LogP contribution is -2.36. The fraction of sp³-hybridized carbons (Fsp3) is 0.222. The maximum atomic E-state index is 12.0. The lowest BCUT2D eigenvalue weighted by atomic mass is 10.2. The smallest absolute Gasteiger partial charge is 0.316 e. The number of carbonyl (C=O) groups is 2. The van der Waals surface area contributed by atoms with E-state index in [1.165, 1.54) is 11.3 Å². The van der Waals surface area contributed by atoms with Gasteiger partial charge in [0.05, 0.1) is 4.88 Å². The van der Waals surface area contributed by atoms with Crippen LogP contribution in [0, 0.1) is 6.92 Å². The van der Waals surface area contributed by atoms with E-state index in [0.29, 0.717) is 16.6 Å². The number of rotatable bonds is 8. The minimum Gasteiger partial charge on any atom is -0.484 e. The second kappa shape index (κ2) is 9.34. The second-order valence-electron chi connectivity index (χ2n) is 5.71. The summed E-state index contributed by atoms with van der Waals surface area (Å²) in [6, 6.07) is 8.85. The molecule has 0 saturated carbocycles. The van der Waals surface area contributed by atoms with Crippen LogP contribution in [0.2, 0.25) is 5.02 Å². The van der Waals surface area contributed by atoms with Crippen LogP contribution in [0.15, 0.2) is 40.2 Å². The Bertz CT molecular complexity index is 958. The molecule has 2 aromatic heterocycles. The number of amides is 2. The van der Waals surface area contributed by atoms with Gasteiger partial charge in [0.15, 0.2) is 6.61 Å². The molecular formula is C18H17ClN4O4S. The maximum absolute atomic E-state index is 12.0. The second-order valence-corrected chi connectivity index (χ2v) is 7.06. The van der Waals surface area contributed by atoms with Gasteiger partial charge in [-0.3, -0.25) is 9.59 Å². The molecule has 10 heteroatoms. The molecule has 1 aromatic carbocycles. The highest BCUT2D eigenvalue weighted by Crippen LogP contribution is 2.21. The third kappa shape index (κ3) is 5.30. The third-order valence-corrected chi connectivity index (χ3v) is 4.88. The quantitative estimate of drug-likeness (QED) is 0.542. The Labute approximate surface area is 169 Å². The van der Waals surface area contributed by atoms with E-state index >= 15 is 0 Å². The normalized spacial score (nSPS) is 10.5. The molecule has 0 saturated heterocycles. The topological polar surface area (TPSA) is 106 Å². The highest BCUT2D eigenvalue weighted by Gasteiger charge is 2.16. The van der Waals surface area contributed by atoms with E-state index in [0.717, 1.165) is 10.4 Å². The standard InChI is InChI=1S/C18H17ClN4O4S/c1-11-9-12(4-5-13(11)19)26-10-15(24)20-6-7-21-17(25)18-22-16(23-27-18)14-3-2-8-28-14/h2-5,8-9H,6-7,10H2,1H3,(H,20,24)(H,21,25). The van der Waals surface area contributed by atoms with Gasteiger partial charge in [-0.2, -0.15) is 4.98 Å². The molecule has 2 amide bonds. The molecule has 2 N–H and O–H groups in total. The lowest BCUT2D eigenvalue weighted by molar-refractivity contribution is -0.123. The summed E-state index contributed by atoms with van der Waals surface area (Å²) in [4.78, 5) is 28.7. The summed E-state index contributed by atoms with van der Waals surface area (Å²) < 4.78 is 10.3. The van der Waals surface area contributed by atoms with E-state index in [1.54, 1.807) is 18.2 Å². The van der Waals surface area contributed by atoms with Crippen LogP contribution in [0.3, 0.4) is 0 Å². The van der Waals surface area contributed by atoms with Crippen molar-refractivity contribution in [3.8, 4) is 16.5 Å². The molecule has 0 aliphatic rings. The average molecular weight is 421 g/mol. The fourth-order valence-electron chi connectivity index (χ4n) is 2.18. The van der Waals surface area contributed by atoms with Crippen LogP contribution >= 0.6 is 22.9 Å². The summed E-state index contributed by atoms with van der Waals surface area (Å²) in [6.45, 7) is 2.16. The van der Waals surface area contributed by atoms with Crippen LogP contribution in [0.4, 0.5) is 0 Å². The molecule has 0 atom stereocenters. The first-order chi connectivity index (χ1) is 13.5. The Morgan fingerprint density at radius 2 is 2.07 bits per heavy atom. The fourth-order valence-corrected chi connectivity index (χ4v) is 2.95. The molecule has 0 aliphatic heterocycles. The van der Waals surface area contributed by atoms with Gasteiger partial charge in [-0.15, -0.1) is 11.3 Å². The zero-order valence-electron chi connectivity index (χ0n) is 14.9. The molecule has 0 bridgehead atoms. The van der Waals surface area contributed by atoms with Crippen molar-refractivity contribution in [3.05, 3.63) is 52.2 Å². The highest BCUT2D eigenvalue weighted by molar-refractivity contribution is 7.13. The Morgan fingerprint density at radius 3 is 2.82 bits per heavy atom. The van der Waals surface area contributed by atoms with Crippen molar-refractivity contribution in [3.63, 3.8) is 0 Å². The molecule has 3 aromatic rings. The summed E-state index contributed by atoms with van der Waals surface area (Å²) in [5.74, 6) is -0.0143. The van der Waals surface area contributed by atoms with Gasteiger partial charge in [0, 0.05) is 18.1 Å². The zero-order chi connectivity index (χ0) is 19.9. The Kier molecular flexibility index (Phi) is 6.62. The number of thiophene rings is 1. The van der Waals surface area contributed by atoms with Crippen molar-refractivity contribution in [1.82, 2.24) is 20.8 Å². The number of ether oxygens (including phenoxy) is 1. The Hall–Kier alpha value is -2.91. The molecule has 8 nitrogen and oxygen atoms in total. The molecular weight excluding hydrogens is 404 g/mol. The molecule has 146 valence electrons. The van der Waals surface area contributed by atoms with Crippen LogP contribution in [0.25, 0.3) is 10.7 Å². The van der Waals surface area contributed by atoms with Gasteiger partial charge in [-0.1, -0.05) is 22.8 Å². The number of nitrogens with zero attached hydrogens (tertiary/aromatic N) is 2. The van der Waals surface area contributed by atoms with Gasteiger partial charge < -0.3 is 19.9 Å². The van der Waals surface area contributed by atoms with Crippen LogP contribution in [-0.2, 0) is 4.79 Å². The highest BCUT2D eigenvalue weighted by atomic mass is 35.5. The van der Waals surface area contributed by atoms with Gasteiger partial charge in [0.1, 0.15) is 5.75 Å². The summed E-state index contributed by atoms with van der Waals surface area (Å²) >= 11 is 7.39. The first-order valence-electron chi connectivity index (χ1n) is 8.34. The molecule has 0 unspecified atom stereocenters. The number of aryl methyl sites for hydroxylation is 1. The number of nitrogens with one attached hydrogen (secondary N) is 2. The molecule has 0 fully saturated rings. The zero-order valence-corrected chi connectivity index (χ0v) is 16.5. The predicted molar refractivity (Wildman–Crippen MR) is 105 cm³/mol. The van der Waals surface area contributed by atoms with Crippen molar-refractivity contribution < 1.29 is 18.8 Å². The van der Waals surface area contributed by atoms with Gasteiger partial charge in [0.2, 0.25) is 5.82 Å². The van der Waals surface area contributed by atoms with Gasteiger partial charge in [-0.25, -0.2) is 0 Å². The van der Waals surface area contributed by atoms with E-state index in [9.17, 15) is 9.59 Å². The number of hydrogen-bond donors (Lipinski definition) is 2. The Morgan fingerprint density at radius 1 is 1.25 bits per heavy atom. The number of carbonyl (C=O) groups excluding carboxylic acids is 2.